The Bertz CT molecular complexity index is 2690. The molecule has 0 aliphatic carbocycles. The maximum Gasteiger partial charge on any atom is 0.0583 e. The molecular weight excluding hydrogens is 655 g/mol. The average molecular weight is 694 g/mol. The van der Waals surface area contributed by atoms with Gasteiger partial charge in [0.25, 0.3) is 0 Å². The van der Waals surface area contributed by atoms with Crippen LogP contribution in [0.3, 0.4) is 0 Å². The highest BCUT2D eigenvalue weighted by molar-refractivity contribution is 6.14. The number of fused-ring (bicyclic) bond motifs is 5. The summed E-state index contributed by atoms with van der Waals surface area (Å²) in [6, 6.07) is 72.4. The molecule has 258 valence electrons. The van der Waals surface area contributed by atoms with Crippen molar-refractivity contribution < 1.29 is 0 Å². The predicted molar refractivity (Wildman–Crippen MR) is 228 cm³/mol. The molecule has 0 radical (unpaired) electrons. The molecule has 0 saturated carbocycles. The van der Waals surface area contributed by atoms with Crippen LogP contribution >= 0.6 is 0 Å². The smallest absolute Gasteiger partial charge is 0.0583 e. The van der Waals surface area contributed by atoms with Gasteiger partial charge in [0.1, 0.15) is 0 Å². The zero-order valence-electron chi connectivity index (χ0n) is 30.4. The molecule has 0 bridgehead atoms. The highest BCUT2D eigenvalue weighted by atomic mass is 15.1. The molecule has 1 aliphatic heterocycles. The summed E-state index contributed by atoms with van der Waals surface area (Å²) in [4.78, 5) is 4.70. The van der Waals surface area contributed by atoms with Crippen LogP contribution in [0.2, 0.25) is 0 Å². The second kappa shape index (κ2) is 12.7. The lowest BCUT2D eigenvalue weighted by Gasteiger charge is -2.36. The number of nitrogens with zero attached hydrogens (tertiary/aromatic N) is 3. The number of rotatable bonds is 7. The minimum atomic E-state index is -0.212. The molecular formula is C51H39N3. The highest BCUT2D eigenvalue weighted by Gasteiger charge is 2.36. The summed E-state index contributed by atoms with van der Waals surface area (Å²) in [5, 5.41) is 2.51. The van der Waals surface area contributed by atoms with E-state index in [1.165, 1.54) is 49.7 Å². The van der Waals surface area contributed by atoms with Crippen LogP contribution < -0.4 is 9.80 Å². The van der Waals surface area contributed by atoms with Gasteiger partial charge in [-0.25, -0.2) is 0 Å². The minimum Gasteiger partial charge on any atom is -0.311 e. The van der Waals surface area contributed by atoms with Crippen molar-refractivity contribution in [2.24, 2.45) is 0 Å². The van der Waals surface area contributed by atoms with E-state index in [-0.39, 0.29) is 5.41 Å². The monoisotopic (exact) mass is 693 g/mol. The lowest BCUT2D eigenvalue weighted by Crippen LogP contribution is -2.26. The first-order chi connectivity index (χ1) is 26.6. The normalized spacial score (nSPS) is 12.8. The Kier molecular flexibility index (Phi) is 7.48. The average Bonchev–Trinajstić information content (AvgIpc) is 3.56. The first kappa shape index (κ1) is 31.9. The molecule has 0 amide bonds. The van der Waals surface area contributed by atoms with Crippen molar-refractivity contribution in [3.63, 3.8) is 0 Å². The molecule has 0 fully saturated rings. The van der Waals surface area contributed by atoms with E-state index in [2.05, 4.69) is 228 Å². The summed E-state index contributed by atoms with van der Waals surface area (Å²) in [5.74, 6) is 0. The molecule has 10 rings (SSSR count). The lowest BCUT2D eigenvalue weighted by atomic mass is 9.74. The molecule has 9 aromatic rings. The molecule has 2 heterocycles. The van der Waals surface area contributed by atoms with Crippen molar-refractivity contribution in [1.29, 1.82) is 0 Å². The van der Waals surface area contributed by atoms with Gasteiger partial charge in [0.05, 0.1) is 16.7 Å². The van der Waals surface area contributed by atoms with Gasteiger partial charge in [-0.2, -0.15) is 0 Å². The van der Waals surface area contributed by atoms with E-state index in [9.17, 15) is 0 Å². The third-order valence-electron chi connectivity index (χ3n) is 11.1. The fourth-order valence-corrected chi connectivity index (χ4v) is 8.52. The molecule has 0 N–H and O–H groups in total. The Balaban J connectivity index is 1.17. The number of anilines is 6. The van der Waals surface area contributed by atoms with Crippen molar-refractivity contribution in [3.05, 3.63) is 211 Å². The van der Waals surface area contributed by atoms with Crippen LogP contribution in [0.25, 0.3) is 38.6 Å². The van der Waals surface area contributed by atoms with Gasteiger partial charge in [-0.1, -0.05) is 123 Å². The van der Waals surface area contributed by atoms with E-state index < -0.39 is 0 Å². The van der Waals surface area contributed by atoms with Crippen LogP contribution in [0.4, 0.5) is 34.1 Å². The van der Waals surface area contributed by atoms with Gasteiger partial charge in [0.15, 0.2) is 0 Å². The molecule has 1 aromatic heterocycles. The molecule has 0 spiro atoms. The molecule has 0 atom stereocenters. The molecule has 3 heteroatoms. The molecule has 0 unspecified atom stereocenters. The van der Waals surface area contributed by atoms with Gasteiger partial charge < -0.3 is 14.4 Å². The Labute approximate surface area is 316 Å². The Morgan fingerprint density at radius 1 is 0.370 bits per heavy atom. The zero-order chi connectivity index (χ0) is 36.2. The fraction of sp³-hybridized carbons (Fsp3) is 0.0588. The second-order valence-corrected chi connectivity index (χ2v) is 14.7. The summed E-state index contributed by atoms with van der Waals surface area (Å²) >= 11 is 0. The summed E-state index contributed by atoms with van der Waals surface area (Å²) in [5.41, 5.74) is 15.4. The number of hydrogen-bond acceptors (Lipinski definition) is 2. The van der Waals surface area contributed by atoms with Crippen LogP contribution in [-0.2, 0) is 5.41 Å². The fourth-order valence-electron chi connectivity index (χ4n) is 8.52. The quantitative estimate of drug-likeness (QED) is 0.165. The SMILES string of the molecule is CC1(C)c2ccccc2-n2c3ccc(-c4ccc(N(c5ccccc5)c5ccccc5)cc4)cc3c3cc(N(c4ccccc4)c4ccccc4)cc1c32. The van der Waals surface area contributed by atoms with Crippen molar-refractivity contribution in [1.82, 2.24) is 4.57 Å². The van der Waals surface area contributed by atoms with Crippen molar-refractivity contribution in [2.75, 3.05) is 9.80 Å². The molecule has 0 saturated heterocycles. The maximum absolute atomic E-state index is 2.50. The molecule has 3 nitrogen and oxygen atoms in total. The van der Waals surface area contributed by atoms with Crippen LogP contribution in [0.15, 0.2) is 200 Å². The van der Waals surface area contributed by atoms with Crippen LogP contribution in [-0.4, -0.2) is 4.57 Å². The van der Waals surface area contributed by atoms with Crippen molar-refractivity contribution in [3.8, 4) is 16.8 Å². The summed E-state index contributed by atoms with van der Waals surface area (Å²) in [6.45, 7) is 4.75. The van der Waals surface area contributed by atoms with Gasteiger partial charge in [0.2, 0.25) is 0 Å². The van der Waals surface area contributed by atoms with E-state index in [1.807, 2.05) is 0 Å². The van der Waals surface area contributed by atoms with E-state index in [4.69, 9.17) is 0 Å². The van der Waals surface area contributed by atoms with Crippen molar-refractivity contribution >= 4 is 55.9 Å². The maximum atomic E-state index is 2.50. The van der Waals surface area contributed by atoms with Crippen molar-refractivity contribution in [2.45, 2.75) is 19.3 Å². The highest BCUT2D eigenvalue weighted by Crippen LogP contribution is 2.50. The Morgan fingerprint density at radius 3 is 1.39 bits per heavy atom. The minimum absolute atomic E-state index is 0.212. The van der Waals surface area contributed by atoms with Gasteiger partial charge >= 0.3 is 0 Å². The number of aromatic nitrogens is 1. The van der Waals surface area contributed by atoms with E-state index in [0.29, 0.717) is 0 Å². The number of para-hydroxylation sites is 5. The first-order valence-corrected chi connectivity index (χ1v) is 18.7. The number of hydrogen-bond donors (Lipinski definition) is 0. The van der Waals surface area contributed by atoms with E-state index >= 15 is 0 Å². The summed E-state index contributed by atoms with van der Waals surface area (Å²) in [6.07, 6.45) is 0. The second-order valence-electron chi connectivity index (χ2n) is 14.7. The van der Waals surface area contributed by atoms with Crippen LogP contribution in [0.1, 0.15) is 25.0 Å². The van der Waals surface area contributed by atoms with Crippen LogP contribution in [0, 0.1) is 0 Å². The summed E-state index contributed by atoms with van der Waals surface area (Å²) < 4.78 is 2.50. The molecule has 8 aromatic carbocycles. The van der Waals surface area contributed by atoms with E-state index in [0.717, 1.165) is 34.1 Å². The van der Waals surface area contributed by atoms with Gasteiger partial charge in [0, 0.05) is 50.3 Å². The Morgan fingerprint density at radius 2 is 0.833 bits per heavy atom. The topological polar surface area (TPSA) is 11.4 Å². The summed E-state index contributed by atoms with van der Waals surface area (Å²) in [7, 11) is 0. The van der Waals surface area contributed by atoms with Gasteiger partial charge in [-0.05, 0) is 113 Å². The predicted octanol–water partition coefficient (Wildman–Crippen LogP) is 14.0. The van der Waals surface area contributed by atoms with Crippen LogP contribution in [0.5, 0.6) is 0 Å². The zero-order valence-corrected chi connectivity index (χ0v) is 30.4. The van der Waals surface area contributed by atoms with E-state index in [1.54, 1.807) is 0 Å². The standard InChI is InChI=1S/C51H39N3/c1-51(2)46-25-15-16-26-49(46)54-48-32-29-37(36-27-30-42(31-28-36)52(38-17-7-3-8-18-38)39-19-9-4-10-20-39)33-44(48)45-34-43(35-47(51)50(45)54)53(40-21-11-5-12-22-40)41-23-13-6-14-24-41/h3-35H,1-2H3. The van der Waals surface area contributed by atoms with Gasteiger partial charge in [-0.15, -0.1) is 0 Å². The third-order valence-corrected chi connectivity index (χ3v) is 11.1. The Hall–Kier alpha value is -6.84. The first-order valence-electron chi connectivity index (χ1n) is 18.7. The molecule has 1 aliphatic rings. The molecule has 54 heavy (non-hydrogen) atoms. The number of benzene rings is 8. The third kappa shape index (κ3) is 5.12. The lowest BCUT2D eigenvalue weighted by molar-refractivity contribution is 0.630. The van der Waals surface area contributed by atoms with Gasteiger partial charge in [-0.3, -0.25) is 0 Å². The largest absolute Gasteiger partial charge is 0.311 e.